The topological polar surface area (TPSA) is 94.5 Å². The zero-order chi connectivity index (χ0) is 22.5. The van der Waals surface area contributed by atoms with E-state index >= 15 is 0 Å². The molecule has 0 saturated carbocycles. The summed E-state index contributed by atoms with van der Waals surface area (Å²) in [6, 6.07) is 11.1. The van der Waals surface area contributed by atoms with Crippen LogP contribution in [0.25, 0.3) is 29.2 Å². The number of aliphatic carboxylic acids is 1. The van der Waals surface area contributed by atoms with E-state index in [9.17, 15) is 9.59 Å². The Kier molecular flexibility index (Phi) is 6.73. The van der Waals surface area contributed by atoms with Gasteiger partial charge in [0.2, 0.25) is 0 Å². The van der Waals surface area contributed by atoms with Gasteiger partial charge in [0.05, 0.1) is 5.56 Å². The van der Waals surface area contributed by atoms with E-state index in [-0.39, 0.29) is 5.57 Å². The number of hydrogen-bond donors (Lipinski definition) is 1. The summed E-state index contributed by atoms with van der Waals surface area (Å²) in [5, 5.41) is 18.7. The number of nitriles is 1. The van der Waals surface area contributed by atoms with Crippen molar-refractivity contribution in [2.45, 2.75) is 20.8 Å². The second-order valence-electron chi connectivity index (χ2n) is 6.83. The summed E-state index contributed by atoms with van der Waals surface area (Å²) in [5.74, 6) is -1.26. The summed E-state index contributed by atoms with van der Waals surface area (Å²) in [6.45, 7) is 7.79. The van der Waals surface area contributed by atoms with E-state index in [1.807, 2.05) is 25.1 Å². The Morgan fingerprint density at radius 1 is 1.19 bits per heavy atom. The first-order valence-electron chi connectivity index (χ1n) is 9.83. The Hall–Kier alpha value is -3.63. The van der Waals surface area contributed by atoms with Crippen molar-refractivity contribution in [3.63, 3.8) is 0 Å². The molecule has 0 amide bonds. The van der Waals surface area contributed by atoms with Gasteiger partial charge in [-0.25, -0.2) is 9.59 Å². The zero-order valence-electron chi connectivity index (χ0n) is 17.5. The third-order valence-electron chi connectivity index (χ3n) is 5.02. The number of nitrogens with zero attached hydrogens (tertiary/aromatic N) is 2. The van der Waals surface area contributed by atoms with Crippen LogP contribution < -0.4 is 10.5 Å². The lowest BCUT2D eigenvalue weighted by molar-refractivity contribution is -0.132. The van der Waals surface area contributed by atoms with E-state index in [4.69, 9.17) is 14.8 Å². The van der Waals surface area contributed by atoms with Gasteiger partial charge in [-0.3, -0.25) is 0 Å². The molecule has 1 N–H and O–H groups in total. The number of carboxylic acid groups (broad SMARTS) is 1. The lowest BCUT2D eigenvalue weighted by Crippen LogP contribution is -2.21. The predicted octanol–water partition coefficient (Wildman–Crippen LogP) is 5.17. The van der Waals surface area contributed by atoms with Crippen molar-refractivity contribution in [2.24, 2.45) is 0 Å². The lowest BCUT2D eigenvalue weighted by Gasteiger charge is -2.21. The third-order valence-corrected chi connectivity index (χ3v) is 6.02. The molecular weight excluding hydrogens is 412 g/mol. The van der Waals surface area contributed by atoms with Crippen molar-refractivity contribution in [3.05, 3.63) is 67.2 Å². The second kappa shape index (κ2) is 9.45. The van der Waals surface area contributed by atoms with Crippen molar-refractivity contribution in [3.8, 4) is 6.07 Å². The molecule has 0 spiro atoms. The highest BCUT2D eigenvalue weighted by atomic mass is 32.1. The van der Waals surface area contributed by atoms with Gasteiger partial charge in [-0.1, -0.05) is 0 Å². The minimum absolute atomic E-state index is 0.326. The largest absolute Gasteiger partial charge is 0.477 e. The van der Waals surface area contributed by atoms with Crippen LogP contribution in [-0.2, 0) is 4.79 Å². The van der Waals surface area contributed by atoms with E-state index in [2.05, 4.69) is 18.7 Å². The minimum atomic E-state index is -1.26. The van der Waals surface area contributed by atoms with Crippen LogP contribution in [0.15, 0.2) is 45.1 Å². The van der Waals surface area contributed by atoms with Crippen LogP contribution in [0, 0.1) is 18.3 Å². The molecule has 6 nitrogen and oxygen atoms in total. The highest BCUT2D eigenvalue weighted by molar-refractivity contribution is 7.13. The molecule has 0 aliphatic heterocycles. The van der Waals surface area contributed by atoms with Crippen molar-refractivity contribution >= 4 is 52.2 Å². The van der Waals surface area contributed by atoms with E-state index in [0.29, 0.717) is 16.0 Å². The summed E-state index contributed by atoms with van der Waals surface area (Å²) in [6.07, 6.45) is 4.82. The molecule has 2 aromatic heterocycles. The Morgan fingerprint density at radius 3 is 2.55 bits per heavy atom. The molecule has 0 unspecified atom stereocenters. The standard InChI is InChI=1S/C24H22N2O4S/c1-4-26(5-2)17-6-10-20-15(3)21(24(29)30-22(20)13-17)11-9-18-7-8-19(31-18)12-16(14-25)23(27)28/h6-13H,4-5H2,1-3H3,(H,27,28)/b11-9+,16-12+. The summed E-state index contributed by atoms with van der Waals surface area (Å²) in [4.78, 5) is 27.3. The maximum atomic E-state index is 12.6. The van der Waals surface area contributed by atoms with Gasteiger partial charge in [0.15, 0.2) is 0 Å². The molecule has 0 bridgehead atoms. The minimum Gasteiger partial charge on any atom is -0.477 e. The molecule has 0 aliphatic rings. The number of aryl methyl sites for hydroxylation is 1. The number of thiophene rings is 1. The molecule has 0 atom stereocenters. The molecule has 0 fully saturated rings. The van der Waals surface area contributed by atoms with Gasteiger partial charge in [0.25, 0.3) is 0 Å². The van der Waals surface area contributed by atoms with Gasteiger partial charge >= 0.3 is 11.6 Å². The molecule has 158 valence electrons. The quantitative estimate of drug-likeness (QED) is 0.313. The fourth-order valence-electron chi connectivity index (χ4n) is 3.32. The number of carboxylic acids is 1. The molecule has 2 heterocycles. The van der Waals surface area contributed by atoms with Crippen LogP contribution in [0.2, 0.25) is 0 Å². The van der Waals surface area contributed by atoms with Crippen LogP contribution >= 0.6 is 11.3 Å². The molecule has 0 radical (unpaired) electrons. The first-order valence-corrected chi connectivity index (χ1v) is 10.6. The monoisotopic (exact) mass is 434 g/mol. The Bertz CT molecular complexity index is 1290. The van der Waals surface area contributed by atoms with Gasteiger partial charge < -0.3 is 14.4 Å². The normalized spacial score (nSPS) is 11.7. The molecule has 3 aromatic rings. The average molecular weight is 435 g/mol. The Morgan fingerprint density at radius 2 is 1.90 bits per heavy atom. The van der Waals surface area contributed by atoms with Gasteiger partial charge in [0, 0.05) is 40.0 Å². The molecule has 7 heteroatoms. The van der Waals surface area contributed by atoms with E-state index in [1.165, 1.54) is 17.4 Å². The average Bonchev–Trinajstić information content (AvgIpc) is 3.19. The van der Waals surface area contributed by atoms with Crippen molar-refractivity contribution in [1.82, 2.24) is 0 Å². The number of hydrogen-bond acceptors (Lipinski definition) is 6. The van der Waals surface area contributed by atoms with Gasteiger partial charge in [-0.15, -0.1) is 11.3 Å². The maximum absolute atomic E-state index is 12.6. The van der Waals surface area contributed by atoms with E-state index in [0.717, 1.165) is 34.6 Å². The first-order chi connectivity index (χ1) is 14.9. The lowest BCUT2D eigenvalue weighted by atomic mass is 10.0. The van der Waals surface area contributed by atoms with Crippen molar-refractivity contribution < 1.29 is 14.3 Å². The Balaban J connectivity index is 1.94. The summed E-state index contributed by atoms with van der Waals surface area (Å²) in [7, 11) is 0. The smallest absolute Gasteiger partial charge is 0.346 e. The van der Waals surface area contributed by atoms with Crippen LogP contribution in [0.4, 0.5) is 5.69 Å². The van der Waals surface area contributed by atoms with Crippen LogP contribution in [-0.4, -0.2) is 24.2 Å². The van der Waals surface area contributed by atoms with Gasteiger partial charge in [0.1, 0.15) is 17.2 Å². The van der Waals surface area contributed by atoms with Gasteiger partial charge in [-0.2, -0.15) is 5.26 Å². The summed E-state index contributed by atoms with van der Waals surface area (Å²) < 4.78 is 5.60. The van der Waals surface area contributed by atoms with Crippen molar-refractivity contribution in [1.29, 1.82) is 5.26 Å². The summed E-state index contributed by atoms with van der Waals surface area (Å²) in [5.41, 5.74) is 2.14. The highest BCUT2D eigenvalue weighted by Crippen LogP contribution is 2.27. The number of fused-ring (bicyclic) bond motifs is 1. The SMILES string of the molecule is CCN(CC)c1ccc2c(C)c(/C=C/c3ccc(/C=C(\C#N)C(=O)O)s3)c(=O)oc2c1. The van der Waals surface area contributed by atoms with Crippen LogP contribution in [0.5, 0.6) is 0 Å². The van der Waals surface area contributed by atoms with Gasteiger partial charge in [-0.05, 0) is 68.8 Å². The fraction of sp³-hybridized carbons (Fsp3) is 0.208. The van der Waals surface area contributed by atoms with E-state index in [1.54, 1.807) is 30.4 Å². The second-order valence-corrected chi connectivity index (χ2v) is 7.98. The number of rotatable bonds is 7. The zero-order valence-corrected chi connectivity index (χ0v) is 18.3. The van der Waals surface area contributed by atoms with E-state index < -0.39 is 11.6 Å². The number of anilines is 1. The number of benzene rings is 1. The molecule has 1 aromatic carbocycles. The number of carbonyl (C=O) groups is 1. The maximum Gasteiger partial charge on any atom is 0.346 e. The predicted molar refractivity (Wildman–Crippen MR) is 125 cm³/mol. The van der Waals surface area contributed by atoms with Crippen molar-refractivity contribution in [2.75, 3.05) is 18.0 Å². The molecular formula is C24H22N2O4S. The molecule has 0 saturated heterocycles. The first kappa shape index (κ1) is 22.1. The molecule has 31 heavy (non-hydrogen) atoms. The summed E-state index contributed by atoms with van der Waals surface area (Å²) >= 11 is 1.32. The highest BCUT2D eigenvalue weighted by Gasteiger charge is 2.12. The molecule has 3 rings (SSSR count). The fourth-order valence-corrected chi connectivity index (χ4v) is 4.18. The third kappa shape index (κ3) is 4.76. The van der Waals surface area contributed by atoms with Crippen LogP contribution in [0.1, 0.15) is 34.7 Å². The van der Waals surface area contributed by atoms with Crippen LogP contribution in [0.3, 0.4) is 0 Å². The molecule has 0 aliphatic carbocycles. The Labute approximate surface area is 184 Å².